The molecule has 5 nitrogen and oxygen atoms in total. The molecule has 1 saturated heterocycles. The van der Waals surface area contributed by atoms with Crippen molar-refractivity contribution in [3.05, 3.63) is 59.7 Å². The zero-order chi connectivity index (χ0) is 19.3. The number of halogens is 1. The van der Waals surface area contributed by atoms with Crippen LogP contribution in [0.4, 0.5) is 0 Å². The summed E-state index contributed by atoms with van der Waals surface area (Å²) < 4.78 is 23.3. The van der Waals surface area contributed by atoms with Crippen molar-refractivity contribution >= 4 is 39.8 Å². The smallest absolute Gasteiger partial charge is 0.191 e. The minimum atomic E-state index is -2.91. The van der Waals surface area contributed by atoms with Gasteiger partial charge in [0, 0.05) is 12.6 Å². The van der Waals surface area contributed by atoms with Crippen LogP contribution in [-0.4, -0.2) is 38.5 Å². The van der Waals surface area contributed by atoms with Gasteiger partial charge >= 0.3 is 0 Å². The van der Waals surface area contributed by atoms with Gasteiger partial charge in [0.2, 0.25) is 0 Å². The number of aryl methyl sites for hydroxylation is 1. The van der Waals surface area contributed by atoms with E-state index in [2.05, 4.69) is 65.0 Å². The van der Waals surface area contributed by atoms with Crippen molar-refractivity contribution in [2.45, 2.75) is 32.9 Å². The van der Waals surface area contributed by atoms with Crippen molar-refractivity contribution in [2.75, 3.05) is 18.1 Å². The standard InChI is InChI=1S/C21H27N3O2S.HI/c1-3-22-21(24-20-10-11-27(25,26)15-20)23-14-17-7-5-9-19(13-17)18-8-4-6-16(2)12-18;/h4-9,12-13,20H,3,10-11,14-15H2,1-2H3,(H2,22,23,24);1H. The van der Waals surface area contributed by atoms with Crippen molar-refractivity contribution in [1.29, 1.82) is 0 Å². The second-order valence-corrected chi connectivity index (χ2v) is 9.24. The van der Waals surface area contributed by atoms with Gasteiger partial charge in [0.15, 0.2) is 15.8 Å². The summed E-state index contributed by atoms with van der Waals surface area (Å²) >= 11 is 0. The summed E-state index contributed by atoms with van der Waals surface area (Å²) in [6, 6.07) is 16.8. The number of guanidine groups is 1. The Bertz CT molecular complexity index is 929. The summed E-state index contributed by atoms with van der Waals surface area (Å²) in [4.78, 5) is 4.65. The maximum atomic E-state index is 11.7. The number of nitrogens with zero attached hydrogens (tertiary/aromatic N) is 1. The first-order valence-electron chi connectivity index (χ1n) is 9.36. The topological polar surface area (TPSA) is 70.6 Å². The largest absolute Gasteiger partial charge is 0.357 e. The normalized spacial score (nSPS) is 18.4. The Morgan fingerprint density at radius 1 is 1.14 bits per heavy atom. The Labute approximate surface area is 185 Å². The lowest BCUT2D eigenvalue weighted by molar-refractivity contribution is 0.599. The molecule has 0 amide bonds. The molecule has 0 aromatic heterocycles. The molecule has 1 atom stereocenters. The van der Waals surface area contributed by atoms with Crippen LogP contribution in [0.1, 0.15) is 24.5 Å². The highest BCUT2D eigenvalue weighted by atomic mass is 127. The molecule has 7 heteroatoms. The predicted octanol–water partition coefficient (Wildman–Crippen LogP) is 3.52. The average molecular weight is 513 g/mol. The Morgan fingerprint density at radius 2 is 1.86 bits per heavy atom. The van der Waals surface area contributed by atoms with Crippen LogP contribution in [0.15, 0.2) is 53.5 Å². The molecular weight excluding hydrogens is 485 g/mol. The maximum Gasteiger partial charge on any atom is 0.191 e. The quantitative estimate of drug-likeness (QED) is 0.365. The lowest BCUT2D eigenvalue weighted by Crippen LogP contribution is -2.44. The minimum absolute atomic E-state index is 0. The highest BCUT2D eigenvalue weighted by Crippen LogP contribution is 2.21. The second-order valence-electron chi connectivity index (χ2n) is 7.01. The minimum Gasteiger partial charge on any atom is -0.357 e. The monoisotopic (exact) mass is 513 g/mol. The Morgan fingerprint density at radius 3 is 2.50 bits per heavy atom. The van der Waals surface area contributed by atoms with E-state index in [0.29, 0.717) is 18.9 Å². The first-order chi connectivity index (χ1) is 12.9. The molecule has 1 heterocycles. The van der Waals surface area contributed by atoms with E-state index in [4.69, 9.17) is 0 Å². The van der Waals surface area contributed by atoms with Gasteiger partial charge in [-0.25, -0.2) is 13.4 Å². The maximum absolute atomic E-state index is 11.7. The van der Waals surface area contributed by atoms with E-state index >= 15 is 0 Å². The number of nitrogens with one attached hydrogen (secondary N) is 2. The van der Waals surface area contributed by atoms with Gasteiger partial charge in [0.1, 0.15) is 0 Å². The van der Waals surface area contributed by atoms with Crippen LogP contribution in [0.25, 0.3) is 11.1 Å². The van der Waals surface area contributed by atoms with Gasteiger partial charge in [-0.3, -0.25) is 0 Å². The molecule has 0 spiro atoms. The van der Waals surface area contributed by atoms with Gasteiger partial charge in [-0.05, 0) is 43.0 Å². The molecule has 0 radical (unpaired) electrons. The molecule has 3 rings (SSSR count). The molecule has 152 valence electrons. The van der Waals surface area contributed by atoms with Gasteiger partial charge in [0.05, 0.1) is 18.1 Å². The average Bonchev–Trinajstić information content (AvgIpc) is 2.98. The molecule has 1 fully saturated rings. The van der Waals surface area contributed by atoms with Crippen molar-refractivity contribution in [3.8, 4) is 11.1 Å². The molecule has 0 aliphatic carbocycles. The molecule has 0 saturated carbocycles. The van der Waals surface area contributed by atoms with Crippen LogP contribution < -0.4 is 10.6 Å². The molecule has 2 aromatic rings. The third-order valence-corrected chi connectivity index (χ3v) is 6.38. The highest BCUT2D eigenvalue weighted by molar-refractivity contribution is 14.0. The molecule has 28 heavy (non-hydrogen) atoms. The Hall–Kier alpha value is -1.61. The van der Waals surface area contributed by atoms with Gasteiger partial charge in [0.25, 0.3) is 0 Å². The second kappa shape index (κ2) is 10.2. The molecule has 1 aliphatic heterocycles. The zero-order valence-electron chi connectivity index (χ0n) is 16.3. The van der Waals surface area contributed by atoms with E-state index in [1.54, 1.807) is 0 Å². The lowest BCUT2D eigenvalue weighted by atomic mass is 10.0. The fourth-order valence-corrected chi connectivity index (χ4v) is 4.94. The van der Waals surface area contributed by atoms with Crippen molar-refractivity contribution < 1.29 is 8.42 Å². The number of aliphatic imine (C=N–C) groups is 1. The van der Waals surface area contributed by atoms with Crippen LogP contribution in [0, 0.1) is 6.92 Å². The summed E-state index contributed by atoms with van der Waals surface area (Å²) in [5.41, 5.74) is 4.72. The molecule has 2 N–H and O–H groups in total. The van der Waals surface area contributed by atoms with E-state index < -0.39 is 9.84 Å². The summed E-state index contributed by atoms with van der Waals surface area (Å²) in [7, 11) is -2.91. The SMILES string of the molecule is CCNC(=NCc1cccc(-c2cccc(C)c2)c1)NC1CCS(=O)(=O)C1.I. The van der Waals surface area contributed by atoms with Crippen LogP contribution >= 0.6 is 24.0 Å². The van der Waals surface area contributed by atoms with Gasteiger partial charge in [-0.15, -0.1) is 24.0 Å². The predicted molar refractivity (Wildman–Crippen MR) is 127 cm³/mol. The van der Waals surface area contributed by atoms with E-state index in [1.807, 2.05) is 13.0 Å². The lowest BCUT2D eigenvalue weighted by Gasteiger charge is -2.16. The van der Waals surface area contributed by atoms with E-state index in [0.717, 1.165) is 12.1 Å². The first-order valence-corrected chi connectivity index (χ1v) is 11.2. The number of hydrogen-bond donors (Lipinski definition) is 2. The number of rotatable bonds is 5. The molecule has 2 aromatic carbocycles. The molecule has 0 bridgehead atoms. The van der Waals surface area contributed by atoms with Crippen molar-refractivity contribution in [1.82, 2.24) is 10.6 Å². The molecular formula is C21H28IN3O2S. The van der Waals surface area contributed by atoms with Crippen molar-refractivity contribution in [2.24, 2.45) is 4.99 Å². The summed E-state index contributed by atoms with van der Waals surface area (Å²) in [5, 5.41) is 6.46. The molecule has 1 unspecified atom stereocenters. The van der Waals surface area contributed by atoms with Crippen LogP contribution in [0.2, 0.25) is 0 Å². The fraction of sp³-hybridized carbons (Fsp3) is 0.381. The number of sulfone groups is 1. The Kier molecular flexibility index (Phi) is 8.30. The van der Waals surface area contributed by atoms with Crippen molar-refractivity contribution in [3.63, 3.8) is 0 Å². The highest BCUT2D eigenvalue weighted by Gasteiger charge is 2.28. The van der Waals surface area contributed by atoms with Crippen LogP contribution in [-0.2, 0) is 16.4 Å². The summed E-state index contributed by atoms with van der Waals surface area (Å²) in [5.74, 6) is 1.10. The van der Waals surface area contributed by atoms with Gasteiger partial charge in [-0.1, -0.05) is 48.0 Å². The van der Waals surface area contributed by atoms with E-state index in [1.165, 1.54) is 16.7 Å². The Balaban J connectivity index is 0.00000280. The number of hydrogen-bond acceptors (Lipinski definition) is 3. The first kappa shape index (κ1) is 22.7. The number of benzene rings is 2. The zero-order valence-corrected chi connectivity index (χ0v) is 19.5. The fourth-order valence-electron chi connectivity index (χ4n) is 3.27. The van der Waals surface area contributed by atoms with Gasteiger partial charge < -0.3 is 10.6 Å². The summed E-state index contributed by atoms with van der Waals surface area (Å²) in [6.45, 7) is 5.36. The molecule has 1 aliphatic rings. The third kappa shape index (κ3) is 6.48. The third-order valence-electron chi connectivity index (χ3n) is 4.62. The van der Waals surface area contributed by atoms with E-state index in [9.17, 15) is 8.42 Å². The van der Waals surface area contributed by atoms with Gasteiger partial charge in [-0.2, -0.15) is 0 Å². The van der Waals surface area contributed by atoms with Crippen LogP contribution in [0.3, 0.4) is 0 Å². The summed E-state index contributed by atoms with van der Waals surface area (Å²) in [6.07, 6.45) is 0.635. The van der Waals surface area contributed by atoms with Crippen LogP contribution in [0.5, 0.6) is 0 Å². The van der Waals surface area contributed by atoms with E-state index in [-0.39, 0.29) is 41.5 Å².